The number of piperazine rings is 1. The first-order valence-electron chi connectivity index (χ1n) is 8.90. The molecule has 2 heterocycles. The quantitative estimate of drug-likeness (QED) is 0.908. The molecule has 0 atom stereocenters. The number of anilines is 2. The molecule has 0 aliphatic carbocycles. The van der Waals surface area contributed by atoms with Crippen LogP contribution in [0.1, 0.15) is 25.5 Å². The summed E-state index contributed by atoms with van der Waals surface area (Å²) in [6, 6.07) is 10.7. The third-order valence-electron chi connectivity index (χ3n) is 4.53. The lowest BCUT2D eigenvalue weighted by molar-refractivity contribution is -0.117. The summed E-state index contributed by atoms with van der Waals surface area (Å²) in [7, 11) is 0. The molecule has 0 unspecified atom stereocenters. The van der Waals surface area contributed by atoms with Crippen molar-refractivity contribution in [2.45, 2.75) is 26.8 Å². The topological polar surface area (TPSA) is 53.4 Å². The fourth-order valence-corrected chi connectivity index (χ4v) is 3.20. The Morgan fingerprint density at radius 2 is 1.96 bits per heavy atom. The molecule has 3 rings (SSSR count). The van der Waals surface area contributed by atoms with Gasteiger partial charge in [-0.25, -0.2) is 4.68 Å². The second kappa shape index (κ2) is 7.70. The van der Waals surface area contributed by atoms with Crippen molar-refractivity contribution in [3.8, 4) is 0 Å². The number of nitrogens with one attached hydrogen (secondary N) is 1. The second-order valence-corrected chi connectivity index (χ2v) is 6.91. The van der Waals surface area contributed by atoms with Crippen LogP contribution in [0.3, 0.4) is 0 Å². The molecule has 1 aliphatic heterocycles. The molecule has 1 aromatic carbocycles. The van der Waals surface area contributed by atoms with Gasteiger partial charge in [0.25, 0.3) is 0 Å². The monoisotopic (exact) mass is 341 g/mol. The number of hydrogen-bond acceptors (Lipinski definition) is 4. The lowest BCUT2D eigenvalue weighted by Gasteiger charge is -2.35. The van der Waals surface area contributed by atoms with Crippen LogP contribution in [0.5, 0.6) is 0 Å². The Bertz CT molecular complexity index is 716. The van der Waals surface area contributed by atoms with Crippen LogP contribution < -0.4 is 10.2 Å². The summed E-state index contributed by atoms with van der Waals surface area (Å²) in [6.07, 6.45) is 1.72. The molecule has 6 heteroatoms. The Balaban J connectivity index is 1.50. The summed E-state index contributed by atoms with van der Waals surface area (Å²) in [4.78, 5) is 16.9. The van der Waals surface area contributed by atoms with E-state index in [0.717, 1.165) is 32.0 Å². The van der Waals surface area contributed by atoms with E-state index < -0.39 is 0 Å². The van der Waals surface area contributed by atoms with Crippen molar-refractivity contribution in [1.29, 1.82) is 0 Å². The first-order valence-corrected chi connectivity index (χ1v) is 8.90. The van der Waals surface area contributed by atoms with Gasteiger partial charge in [0.05, 0.1) is 12.7 Å². The minimum atomic E-state index is 0.0198. The molecule has 1 aliphatic rings. The molecule has 25 heavy (non-hydrogen) atoms. The SMILES string of the molecule is Cc1cccc(N2CCN(CC(=O)Nc3ccnn3C(C)C)CC2)c1. The minimum Gasteiger partial charge on any atom is -0.369 e. The predicted octanol–water partition coefficient (Wildman–Crippen LogP) is 2.53. The van der Waals surface area contributed by atoms with Gasteiger partial charge in [-0.15, -0.1) is 0 Å². The van der Waals surface area contributed by atoms with Crippen molar-refractivity contribution in [3.63, 3.8) is 0 Å². The van der Waals surface area contributed by atoms with Gasteiger partial charge in [-0.3, -0.25) is 9.69 Å². The van der Waals surface area contributed by atoms with Crippen LogP contribution in [0.2, 0.25) is 0 Å². The van der Waals surface area contributed by atoms with Gasteiger partial charge in [-0.1, -0.05) is 12.1 Å². The third-order valence-corrected chi connectivity index (χ3v) is 4.53. The van der Waals surface area contributed by atoms with Crippen molar-refractivity contribution in [3.05, 3.63) is 42.1 Å². The van der Waals surface area contributed by atoms with E-state index in [4.69, 9.17) is 0 Å². The van der Waals surface area contributed by atoms with Crippen molar-refractivity contribution < 1.29 is 4.79 Å². The van der Waals surface area contributed by atoms with Crippen molar-refractivity contribution in [2.75, 3.05) is 42.9 Å². The van der Waals surface area contributed by atoms with E-state index in [-0.39, 0.29) is 11.9 Å². The number of aromatic nitrogens is 2. The molecule has 1 saturated heterocycles. The van der Waals surface area contributed by atoms with Crippen LogP contribution in [-0.4, -0.2) is 53.3 Å². The Labute approximate surface area is 149 Å². The fourth-order valence-electron chi connectivity index (χ4n) is 3.20. The Morgan fingerprint density at radius 1 is 1.20 bits per heavy atom. The largest absolute Gasteiger partial charge is 0.369 e. The zero-order chi connectivity index (χ0) is 17.8. The van der Waals surface area contributed by atoms with Gasteiger partial charge in [0.2, 0.25) is 5.91 Å². The first kappa shape index (κ1) is 17.5. The van der Waals surface area contributed by atoms with Crippen LogP contribution >= 0.6 is 0 Å². The van der Waals surface area contributed by atoms with Crippen LogP contribution in [0, 0.1) is 6.92 Å². The molecular weight excluding hydrogens is 314 g/mol. The van der Waals surface area contributed by atoms with Crippen molar-refractivity contribution in [1.82, 2.24) is 14.7 Å². The lowest BCUT2D eigenvalue weighted by atomic mass is 10.2. The number of benzene rings is 1. The highest BCUT2D eigenvalue weighted by Crippen LogP contribution is 2.18. The number of hydrogen-bond donors (Lipinski definition) is 1. The van der Waals surface area contributed by atoms with Crippen LogP contribution in [-0.2, 0) is 4.79 Å². The molecule has 0 saturated carbocycles. The molecule has 1 N–H and O–H groups in total. The highest BCUT2D eigenvalue weighted by molar-refractivity contribution is 5.91. The minimum absolute atomic E-state index is 0.0198. The number of rotatable bonds is 5. The van der Waals surface area contributed by atoms with E-state index in [0.29, 0.717) is 6.54 Å². The zero-order valence-corrected chi connectivity index (χ0v) is 15.3. The Kier molecular flexibility index (Phi) is 5.38. The van der Waals surface area contributed by atoms with E-state index in [1.54, 1.807) is 6.20 Å². The van der Waals surface area contributed by atoms with E-state index in [2.05, 4.69) is 51.4 Å². The summed E-state index contributed by atoms with van der Waals surface area (Å²) in [5, 5.41) is 7.22. The Hall–Kier alpha value is -2.34. The van der Waals surface area contributed by atoms with Crippen molar-refractivity contribution >= 4 is 17.4 Å². The van der Waals surface area contributed by atoms with Gasteiger partial charge in [0.15, 0.2) is 0 Å². The first-order chi connectivity index (χ1) is 12.0. The average Bonchev–Trinajstić information content (AvgIpc) is 3.04. The second-order valence-electron chi connectivity index (χ2n) is 6.91. The molecule has 6 nitrogen and oxygen atoms in total. The third kappa shape index (κ3) is 4.39. The van der Waals surface area contributed by atoms with Gasteiger partial charge in [0.1, 0.15) is 5.82 Å². The predicted molar refractivity (Wildman–Crippen MR) is 101 cm³/mol. The number of carbonyl (C=O) groups excluding carboxylic acids is 1. The summed E-state index contributed by atoms with van der Waals surface area (Å²) in [5.74, 6) is 0.782. The summed E-state index contributed by atoms with van der Waals surface area (Å²) >= 11 is 0. The normalized spacial score (nSPS) is 15.6. The maximum absolute atomic E-state index is 12.3. The fraction of sp³-hybridized carbons (Fsp3) is 0.474. The summed E-state index contributed by atoms with van der Waals surface area (Å²) < 4.78 is 1.83. The highest BCUT2D eigenvalue weighted by atomic mass is 16.2. The van der Waals surface area contributed by atoms with Crippen molar-refractivity contribution in [2.24, 2.45) is 0 Å². The smallest absolute Gasteiger partial charge is 0.239 e. The Morgan fingerprint density at radius 3 is 2.64 bits per heavy atom. The molecule has 1 fully saturated rings. The molecule has 0 radical (unpaired) electrons. The van der Waals surface area contributed by atoms with Gasteiger partial charge in [-0.2, -0.15) is 5.10 Å². The van der Waals surface area contributed by atoms with Gasteiger partial charge >= 0.3 is 0 Å². The van der Waals surface area contributed by atoms with Crippen LogP contribution in [0.25, 0.3) is 0 Å². The maximum Gasteiger partial charge on any atom is 0.239 e. The summed E-state index contributed by atoms with van der Waals surface area (Å²) in [6.45, 7) is 10.3. The molecule has 2 aromatic rings. The standard InChI is InChI=1S/C19H27N5O/c1-15(2)24-18(7-8-20-24)21-19(25)14-22-9-11-23(12-10-22)17-6-4-5-16(3)13-17/h4-8,13,15H,9-12,14H2,1-3H3,(H,21,25). The number of aryl methyl sites for hydroxylation is 1. The molecule has 134 valence electrons. The van der Waals surface area contributed by atoms with Gasteiger partial charge < -0.3 is 10.2 Å². The van der Waals surface area contributed by atoms with E-state index in [9.17, 15) is 4.79 Å². The molecule has 0 bridgehead atoms. The number of amides is 1. The van der Waals surface area contributed by atoms with Crippen LogP contribution in [0.15, 0.2) is 36.5 Å². The number of nitrogens with zero attached hydrogens (tertiary/aromatic N) is 4. The molecule has 1 amide bonds. The zero-order valence-electron chi connectivity index (χ0n) is 15.3. The summed E-state index contributed by atoms with van der Waals surface area (Å²) in [5.41, 5.74) is 2.55. The van der Waals surface area contributed by atoms with Crippen LogP contribution in [0.4, 0.5) is 11.5 Å². The average molecular weight is 341 g/mol. The van der Waals surface area contributed by atoms with E-state index in [1.807, 2.05) is 24.6 Å². The molecule has 1 aromatic heterocycles. The van der Waals surface area contributed by atoms with Gasteiger partial charge in [-0.05, 0) is 38.5 Å². The molecular formula is C19H27N5O. The van der Waals surface area contributed by atoms with E-state index in [1.165, 1.54) is 11.3 Å². The lowest BCUT2D eigenvalue weighted by Crippen LogP contribution is -2.48. The van der Waals surface area contributed by atoms with E-state index >= 15 is 0 Å². The highest BCUT2D eigenvalue weighted by Gasteiger charge is 2.20. The molecule has 0 spiro atoms. The maximum atomic E-state index is 12.3. The number of carbonyl (C=O) groups is 1. The van der Waals surface area contributed by atoms with Gasteiger partial charge in [0, 0.05) is 44.0 Å².